The zero-order valence-corrected chi connectivity index (χ0v) is 11.6. The fourth-order valence-corrected chi connectivity index (χ4v) is 3.36. The van der Waals surface area contributed by atoms with Gasteiger partial charge in [-0.25, -0.2) is 0 Å². The van der Waals surface area contributed by atoms with Gasteiger partial charge in [0.25, 0.3) is 0 Å². The highest BCUT2D eigenvalue weighted by Gasteiger charge is 2.12. The summed E-state index contributed by atoms with van der Waals surface area (Å²) in [6.07, 6.45) is 3.12. The predicted molar refractivity (Wildman–Crippen MR) is 78.2 cm³/mol. The molecular formula is C16H17NS. The van der Waals surface area contributed by atoms with E-state index >= 15 is 0 Å². The van der Waals surface area contributed by atoms with Crippen LogP contribution in [0.5, 0.6) is 0 Å². The Hall–Kier alpha value is -1.28. The molecule has 0 N–H and O–H groups in total. The van der Waals surface area contributed by atoms with Gasteiger partial charge in [0, 0.05) is 22.4 Å². The van der Waals surface area contributed by atoms with E-state index in [1.165, 1.54) is 33.8 Å². The van der Waals surface area contributed by atoms with E-state index in [0.717, 1.165) is 5.69 Å². The van der Waals surface area contributed by atoms with Crippen molar-refractivity contribution in [2.45, 2.75) is 31.1 Å². The first-order valence-electron chi connectivity index (χ1n) is 6.46. The summed E-state index contributed by atoms with van der Waals surface area (Å²) in [5.74, 6) is 1.77. The Morgan fingerprint density at radius 3 is 2.89 bits per heavy atom. The summed E-state index contributed by atoms with van der Waals surface area (Å²) < 4.78 is 0. The first-order valence-corrected chi connectivity index (χ1v) is 7.44. The Kier molecular flexibility index (Phi) is 3.13. The topological polar surface area (TPSA) is 12.9 Å². The molecule has 1 nitrogen and oxygen atoms in total. The summed E-state index contributed by atoms with van der Waals surface area (Å²) in [4.78, 5) is 5.95. The van der Waals surface area contributed by atoms with Crippen LogP contribution in [0.25, 0.3) is 11.3 Å². The highest BCUT2D eigenvalue weighted by Crippen LogP contribution is 2.34. The zero-order valence-electron chi connectivity index (χ0n) is 10.8. The van der Waals surface area contributed by atoms with Gasteiger partial charge in [-0.15, -0.1) is 11.8 Å². The molecule has 92 valence electrons. The SMILES string of the molecule is CC(C)c1ccnc(-c2ccc3c(c2)CCS3)c1. The largest absolute Gasteiger partial charge is 0.256 e. The van der Waals surface area contributed by atoms with E-state index in [2.05, 4.69) is 49.2 Å². The smallest absolute Gasteiger partial charge is 0.0704 e. The van der Waals surface area contributed by atoms with Crippen molar-refractivity contribution in [2.24, 2.45) is 0 Å². The molecule has 0 saturated heterocycles. The Bertz CT molecular complexity index is 575. The molecule has 0 spiro atoms. The first-order chi connectivity index (χ1) is 8.74. The molecule has 0 unspecified atom stereocenters. The minimum atomic E-state index is 0.553. The molecule has 1 aromatic carbocycles. The van der Waals surface area contributed by atoms with E-state index in [0.29, 0.717) is 5.92 Å². The van der Waals surface area contributed by atoms with Gasteiger partial charge in [-0.3, -0.25) is 4.98 Å². The molecular weight excluding hydrogens is 238 g/mol. The van der Waals surface area contributed by atoms with Gasteiger partial charge in [0.05, 0.1) is 5.69 Å². The number of hydrogen-bond acceptors (Lipinski definition) is 2. The normalized spacial score (nSPS) is 13.9. The molecule has 2 aromatic rings. The van der Waals surface area contributed by atoms with Gasteiger partial charge < -0.3 is 0 Å². The molecule has 1 aromatic heterocycles. The summed E-state index contributed by atoms with van der Waals surface area (Å²) in [5.41, 5.74) is 5.18. The molecule has 1 aliphatic rings. The average Bonchev–Trinajstić information content (AvgIpc) is 2.86. The molecule has 2 heteroatoms. The molecule has 0 fully saturated rings. The van der Waals surface area contributed by atoms with E-state index < -0.39 is 0 Å². The summed E-state index contributed by atoms with van der Waals surface area (Å²) >= 11 is 1.96. The van der Waals surface area contributed by atoms with Gasteiger partial charge in [-0.2, -0.15) is 0 Å². The van der Waals surface area contributed by atoms with Crippen LogP contribution in [0.4, 0.5) is 0 Å². The van der Waals surface area contributed by atoms with Crippen molar-refractivity contribution in [3.8, 4) is 11.3 Å². The Morgan fingerprint density at radius 1 is 1.17 bits per heavy atom. The second-order valence-electron chi connectivity index (χ2n) is 5.05. The lowest BCUT2D eigenvalue weighted by molar-refractivity contribution is 0.864. The second kappa shape index (κ2) is 4.77. The number of aryl methyl sites for hydroxylation is 1. The maximum absolute atomic E-state index is 4.51. The van der Waals surface area contributed by atoms with Gasteiger partial charge >= 0.3 is 0 Å². The monoisotopic (exact) mass is 255 g/mol. The van der Waals surface area contributed by atoms with Gasteiger partial charge in [0.2, 0.25) is 0 Å². The fraction of sp³-hybridized carbons (Fsp3) is 0.312. The zero-order chi connectivity index (χ0) is 12.5. The highest BCUT2D eigenvalue weighted by molar-refractivity contribution is 7.99. The van der Waals surface area contributed by atoms with Gasteiger partial charge in [0.1, 0.15) is 0 Å². The molecule has 2 heterocycles. The van der Waals surface area contributed by atoms with Crippen LogP contribution in [0.2, 0.25) is 0 Å². The van der Waals surface area contributed by atoms with Crippen molar-refractivity contribution in [1.82, 2.24) is 4.98 Å². The molecule has 0 atom stereocenters. The Labute approximate surface area is 113 Å². The second-order valence-corrected chi connectivity index (χ2v) is 6.19. The summed E-state index contributed by atoms with van der Waals surface area (Å²) in [7, 11) is 0. The third-order valence-electron chi connectivity index (χ3n) is 3.44. The summed E-state index contributed by atoms with van der Waals surface area (Å²) in [5, 5.41) is 0. The number of thioether (sulfide) groups is 1. The fourth-order valence-electron chi connectivity index (χ4n) is 2.31. The number of fused-ring (bicyclic) bond motifs is 1. The number of nitrogens with zero attached hydrogens (tertiary/aromatic N) is 1. The molecule has 0 radical (unpaired) electrons. The molecule has 0 saturated carbocycles. The van der Waals surface area contributed by atoms with Crippen molar-refractivity contribution in [3.63, 3.8) is 0 Å². The van der Waals surface area contributed by atoms with E-state index in [4.69, 9.17) is 0 Å². The third-order valence-corrected chi connectivity index (χ3v) is 4.55. The van der Waals surface area contributed by atoms with Gasteiger partial charge in [-0.05, 0) is 47.7 Å². The van der Waals surface area contributed by atoms with E-state index in [-0.39, 0.29) is 0 Å². The van der Waals surface area contributed by atoms with Crippen LogP contribution in [0.15, 0.2) is 41.4 Å². The lowest BCUT2D eigenvalue weighted by Crippen LogP contribution is -1.91. The number of hydrogen-bond donors (Lipinski definition) is 0. The van der Waals surface area contributed by atoms with Gasteiger partial charge in [0.15, 0.2) is 0 Å². The maximum atomic E-state index is 4.51. The average molecular weight is 255 g/mol. The highest BCUT2D eigenvalue weighted by atomic mass is 32.2. The van der Waals surface area contributed by atoms with Crippen LogP contribution >= 0.6 is 11.8 Å². The molecule has 3 rings (SSSR count). The van der Waals surface area contributed by atoms with Crippen LogP contribution in [0.1, 0.15) is 30.9 Å². The number of aromatic nitrogens is 1. The Morgan fingerprint density at radius 2 is 2.06 bits per heavy atom. The summed E-state index contributed by atoms with van der Waals surface area (Å²) in [6, 6.07) is 11.1. The molecule has 0 bridgehead atoms. The lowest BCUT2D eigenvalue weighted by atomic mass is 10.0. The van der Waals surface area contributed by atoms with Crippen molar-refractivity contribution in [3.05, 3.63) is 47.7 Å². The van der Waals surface area contributed by atoms with Crippen LogP contribution in [-0.2, 0) is 6.42 Å². The van der Waals surface area contributed by atoms with Crippen molar-refractivity contribution >= 4 is 11.8 Å². The molecule has 1 aliphatic heterocycles. The van der Waals surface area contributed by atoms with Crippen LogP contribution < -0.4 is 0 Å². The molecule has 0 aliphatic carbocycles. The standard InChI is InChI=1S/C16H17NS/c1-11(2)12-5-7-17-15(10-12)13-3-4-16-14(9-13)6-8-18-16/h3-5,7,9-11H,6,8H2,1-2H3. The number of benzene rings is 1. The number of pyridine rings is 1. The van der Waals surface area contributed by atoms with Gasteiger partial charge in [-0.1, -0.05) is 19.9 Å². The maximum Gasteiger partial charge on any atom is 0.0704 e. The van der Waals surface area contributed by atoms with Crippen molar-refractivity contribution in [2.75, 3.05) is 5.75 Å². The van der Waals surface area contributed by atoms with Crippen LogP contribution in [-0.4, -0.2) is 10.7 Å². The quantitative estimate of drug-likeness (QED) is 0.782. The Balaban J connectivity index is 2.02. The third kappa shape index (κ3) is 2.17. The predicted octanol–water partition coefficient (Wildman–Crippen LogP) is 4.52. The first kappa shape index (κ1) is 11.8. The minimum absolute atomic E-state index is 0.553. The molecule has 18 heavy (non-hydrogen) atoms. The van der Waals surface area contributed by atoms with Crippen molar-refractivity contribution < 1.29 is 0 Å². The van der Waals surface area contributed by atoms with E-state index in [1.807, 2.05) is 18.0 Å². The molecule has 0 amide bonds. The van der Waals surface area contributed by atoms with Crippen LogP contribution in [0.3, 0.4) is 0 Å². The van der Waals surface area contributed by atoms with E-state index in [9.17, 15) is 0 Å². The summed E-state index contributed by atoms with van der Waals surface area (Å²) in [6.45, 7) is 4.44. The number of rotatable bonds is 2. The lowest BCUT2D eigenvalue weighted by Gasteiger charge is -2.08. The van der Waals surface area contributed by atoms with Crippen LogP contribution in [0, 0.1) is 0 Å². The van der Waals surface area contributed by atoms with Crippen molar-refractivity contribution in [1.29, 1.82) is 0 Å². The van der Waals surface area contributed by atoms with E-state index in [1.54, 1.807) is 0 Å². The minimum Gasteiger partial charge on any atom is -0.256 e.